The van der Waals surface area contributed by atoms with Crippen molar-refractivity contribution in [3.05, 3.63) is 42.0 Å². The number of benzene rings is 1. The van der Waals surface area contributed by atoms with Crippen LogP contribution < -0.4 is 5.32 Å². The van der Waals surface area contributed by atoms with E-state index in [1.165, 1.54) is 5.56 Å². The highest BCUT2D eigenvalue weighted by Crippen LogP contribution is 2.27. The number of hydrogen-bond donors (Lipinski definition) is 1. The van der Waals surface area contributed by atoms with Crippen LogP contribution >= 0.6 is 0 Å². The zero-order valence-electron chi connectivity index (χ0n) is 13.7. The number of oxazole rings is 1. The molecule has 124 valence electrons. The molecule has 7 nitrogen and oxygen atoms in total. The van der Waals surface area contributed by atoms with E-state index in [-0.39, 0.29) is 6.03 Å². The van der Waals surface area contributed by atoms with Crippen molar-refractivity contribution in [2.45, 2.75) is 19.3 Å². The topological polar surface area (TPSA) is 76.2 Å². The second-order valence-corrected chi connectivity index (χ2v) is 6.22. The van der Waals surface area contributed by atoms with E-state index in [0.29, 0.717) is 29.6 Å². The molecule has 1 atom stereocenters. The zero-order chi connectivity index (χ0) is 16.7. The van der Waals surface area contributed by atoms with Crippen LogP contribution in [0.1, 0.15) is 23.8 Å². The van der Waals surface area contributed by atoms with Crippen molar-refractivity contribution in [2.75, 3.05) is 18.4 Å². The highest BCUT2D eigenvalue weighted by Gasteiger charge is 2.28. The maximum atomic E-state index is 12.5. The molecule has 1 aliphatic rings. The molecular formula is C17H19N5O2. The van der Waals surface area contributed by atoms with Crippen molar-refractivity contribution in [2.24, 2.45) is 7.05 Å². The van der Waals surface area contributed by atoms with Gasteiger partial charge in [0.1, 0.15) is 5.52 Å². The summed E-state index contributed by atoms with van der Waals surface area (Å²) in [7, 11) is 1.91. The lowest BCUT2D eigenvalue weighted by molar-refractivity contribution is 0.222. The van der Waals surface area contributed by atoms with E-state index in [2.05, 4.69) is 15.4 Å². The van der Waals surface area contributed by atoms with E-state index < -0.39 is 0 Å². The summed E-state index contributed by atoms with van der Waals surface area (Å²) in [4.78, 5) is 18.6. The fraction of sp³-hybridized carbons (Fsp3) is 0.353. The van der Waals surface area contributed by atoms with Gasteiger partial charge in [0.2, 0.25) is 0 Å². The number of fused-ring (bicyclic) bond motifs is 1. The van der Waals surface area contributed by atoms with Crippen LogP contribution in [0.5, 0.6) is 0 Å². The molecule has 1 aliphatic heterocycles. The summed E-state index contributed by atoms with van der Waals surface area (Å²) in [5.74, 6) is 0.969. The number of anilines is 1. The summed E-state index contributed by atoms with van der Waals surface area (Å²) in [5.41, 5.74) is 3.38. The molecule has 1 fully saturated rings. The van der Waals surface area contributed by atoms with Gasteiger partial charge in [-0.3, -0.25) is 4.68 Å². The van der Waals surface area contributed by atoms with Crippen LogP contribution in [0.4, 0.5) is 10.5 Å². The van der Waals surface area contributed by atoms with Gasteiger partial charge in [-0.1, -0.05) is 0 Å². The number of hydrogen-bond acceptors (Lipinski definition) is 4. The molecule has 0 spiro atoms. The van der Waals surface area contributed by atoms with Crippen molar-refractivity contribution in [1.82, 2.24) is 19.7 Å². The standard InChI is InChI=1S/C17H19N5O2/c1-11-19-15-4-3-14(7-16(15)24-11)20-17(23)22-6-5-12(10-22)13-8-18-21(2)9-13/h3-4,7-9,12H,5-6,10H2,1-2H3,(H,20,23). The molecule has 2 amide bonds. The summed E-state index contributed by atoms with van der Waals surface area (Å²) in [6.07, 6.45) is 4.86. The Balaban J connectivity index is 1.44. The average Bonchev–Trinajstić information content (AvgIpc) is 3.24. The van der Waals surface area contributed by atoms with Crippen LogP contribution in [-0.2, 0) is 7.05 Å². The third-order valence-electron chi connectivity index (χ3n) is 4.42. The minimum Gasteiger partial charge on any atom is -0.441 e. The fourth-order valence-corrected chi connectivity index (χ4v) is 3.19. The zero-order valence-corrected chi connectivity index (χ0v) is 13.7. The van der Waals surface area contributed by atoms with E-state index in [0.717, 1.165) is 18.5 Å². The molecule has 4 rings (SSSR count). The number of urea groups is 1. The van der Waals surface area contributed by atoms with Crippen LogP contribution in [0.25, 0.3) is 11.1 Å². The van der Waals surface area contributed by atoms with Crippen molar-refractivity contribution < 1.29 is 9.21 Å². The highest BCUT2D eigenvalue weighted by atomic mass is 16.3. The second-order valence-electron chi connectivity index (χ2n) is 6.22. The van der Waals surface area contributed by atoms with Gasteiger partial charge < -0.3 is 14.6 Å². The number of rotatable bonds is 2. The predicted octanol–water partition coefficient (Wildman–Crippen LogP) is 2.89. The summed E-state index contributed by atoms with van der Waals surface area (Å²) in [6, 6.07) is 5.42. The van der Waals surface area contributed by atoms with Gasteiger partial charge in [0.15, 0.2) is 11.5 Å². The summed E-state index contributed by atoms with van der Waals surface area (Å²) in [6.45, 7) is 3.26. The van der Waals surface area contributed by atoms with Gasteiger partial charge in [0, 0.05) is 50.9 Å². The number of aromatic nitrogens is 3. The Bertz CT molecular complexity index is 897. The van der Waals surface area contributed by atoms with Gasteiger partial charge in [-0.05, 0) is 24.1 Å². The number of nitrogens with zero attached hydrogens (tertiary/aromatic N) is 4. The second kappa shape index (κ2) is 5.67. The van der Waals surface area contributed by atoms with Crippen LogP contribution in [0.2, 0.25) is 0 Å². The summed E-state index contributed by atoms with van der Waals surface area (Å²) < 4.78 is 7.31. The first-order chi connectivity index (χ1) is 11.6. The Kier molecular flexibility index (Phi) is 3.48. The van der Waals surface area contributed by atoms with Crippen LogP contribution in [0.15, 0.2) is 35.0 Å². The van der Waals surface area contributed by atoms with E-state index in [1.807, 2.05) is 42.5 Å². The lowest BCUT2D eigenvalue weighted by Gasteiger charge is -2.17. The number of carbonyl (C=O) groups is 1. The molecule has 24 heavy (non-hydrogen) atoms. The molecule has 1 aromatic carbocycles. The van der Waals surface area contributed by atoms with Crippen LogP contribution in [0, 0.1) is 6.92 Å². The minimum absolute atomic E-state index is 0.0861. The molecule has 0 saturated carbocycles. The Hall–Kier alpha value is -2.83. The number of carbonyl (C=O) groups excluding carboxylic acids is 1. The fourth-order valence-electron chi connectivity index (χ4n) is 3.19. The Labute approximate surface area is 139 Å². The number of likely N-dealkylation sites (tertiary alicyclic amines) is 1. The van der Waals surface area contributed by atoms with Crippen LogP contribution in [0.3, 0.4) is 0 Å². The monoisotopic (exact) mass is 325 g/mol. The first-order valence-electron chi connectivity index (χ1n) is 8.00. The van der Waals surface area contributed by atoms with E-state index in [4.69, 9.17) is 4.42 Å². The Morgan fingerprint density at radius 3 is 3.08 bits per heavy atom. The van der Waals surface area contributed by atoms with E-state index in [1.54, 1.807) is 11.6 Å². The molecule has 1 N–H and O–H groups in total. The molecule has 7 heteroatoms. The lowest BCUT2D eigenvalue weighted by Crippen LogP contribution is -2.32. The van der Waals surface area contributed by atoms with Crippen molar-refractivity contribution in [3.63, 3.8) is 0 Å². The first kappa shape index (κ1) is 14.7. The largest absolute Gasteiger partial charge is 0.441 e. The molecular weight excluding hydrogens is 306 g/mol. The van der Waals surface area contributed by atoms with Crippen LogP contribution in [-0.4, -0.2) is 38.8 Å². The highest BCUT2D eigenvalue weighted by molar-refractivity contribution is 5.91. The van der Waals surface area contributed by atoms with Crippen molar-refractivity contribution in [1.29, 1.82) is 0 Å². The molecule has 0 bridgehead atoms. The molecule has 0 radical (unpaired) electrons. The van der Waals surface area contributed by atoms with Crippen molar-refractivity contribution in [3.8, 4) is 0 Å². The third kappa shape index (κ3) is 2.73. The maximum absolute atomic E-state index is 12.5. The van der Waals surface area contributed by atoms with Gasteiger partial charge in [-0.2, -0.15) is 5.10 Å². The minimum atomic E-state index is -0.0861. The van der Waals surface area contributed by atoms with E-state index in [9.17, 15) is 4.79 Å². The number of nitrogens with one attached hydrogen (secondary N) is 1. The number of amides is 2. The van der Waals surface area contributed by atoms with Gasteiger partial charge >= 0.3 is 6.03 Å². The molecule has 0 aliphatic carbocycles. The lowest BCUT2D eigenvalue weighted by atomic mass is 10.0. The maximum Gasteiger partial charge on any atom is 0.321 e. The van der Waals surface area contributed by atoms with Gasteiger partial charge in [0.25, 0.3) is 0 Å². The smallest absolute Gasteiger partial charge is 0.321 e. The quantitative estimate of drug-likeness (QED) is 0.786. The molecule has 3 aromatic rings. The molecule has 1 unspecified atom stereocenters. The van der Waals surface area contributed by atoms with Gasteiger partial charge in [0.05, 0.1) is 6.20 Å². The average molecular weight is 325 g/mol. The molecule has 2 aromatic heterocycles. The summed E-state index contributed by atoms with van der Waals surface area (Å²) in [5, 5.41) is 7.15. The molecule has 1 saturated heterocycles. The van der Waals surface area contributed by atoms with Gasteiger partial charge in [-0.25, -0.2) is 9.78 Å². The predicted molar refractivity (Wildman–Crippen MR) is 89.9 cm³/mol. The SMILES string of the molecule is Cc1nc2ccc(NC(=O)N3CCC(c4cnn(C)c4)C3)cc2o1. The van der Waals surface area contributed by atoms with Crippen molar-refractivity contribution >= 4 is 22.8 Å². The normalized spacial score (nSPS) is 17.6. The van der Waals surface area contributed by atoms with E-state index >= 15 is 0 Å². The Morgan fingerprint density at radius 2 is 2.29 bits per heavy atom. The Morgan fingerprint density at radius 1 is 1.42 bits per heavy atom. The van der Waals surface area contributed by atoms with Gasteiger partial charge in [-0.15, -0.1) is 0 Å². The molecule has 3 heterocycles. The third-order valence-corrected chi connectivity index (χ3v) is 4.42. The first-order valence-corrected chi connectivity index (χ1v) is 8.00. The number of aryl methyl sites for hydroxylation is 2. The summed E-state index contributed by atoms with van der Waals surface area (Å²) >= 11 is 0.